The van der Waals surface area contributed by atoms with Gasteiger partial charge in [0, 0.05) is 35.0 Å². The Hall–Kier alpha value is -1.88. The van der Waals surface area contributed by atoms with Gasteiger partial charge in [-0.1, -0.05) is 26.0 Å². The molecule has 24 heavy (non-hydrogen) atoms. The van der Waals surface area contributed by atoms with Crippen LogP contribution in [0.2, 0.25) is 0 Å². The molecule has 1 aliphatic heterocycles. The number of thioether (sulfide) groups is 1. The average molecular weight is 344 g/mol. The number of piperidine rings is 1. The van der Waals surface area contributed by atoms with Crippen LogP contribution in [-0.4, -0.2) is 35.2 Å². The molecule has 1 aromatic carbocycles. The van der Waals surface area contributed by atoms with Crippen molar-refractivity contribution >= 4 is 23.4 Å². The molecule has 2 heterocycles. The highest BCUT2D eigenvalue weighted by Crippen LogP contribution is 2.31. The van der Waals surface area contributed by atoms with Crippen LogP contribution in [-0.2, 0) is 0 Å². The van der Waals surface area contributed by atoms with E-state index in [1.807, 2.05) is 16.7 Å². The van der Waals surface area contributed by atoms with Gasteiger partial charge in [-0.3, -0.25) is 4.79 Å². The van der Waals surface area contributed by atoms with Crippen LogP contribution >= 0.6 is 11.8 Å². The molecule has 1 aromatic heterocycles. The fourth-order valence-corrected chi connectivity index (χ4v) is 3.88. The Labute approximate surface area is 147 Å². The molecule has 5 heteroatoms. The Morgan fingerprint density at radius 2 is 2.00 bits per heavy atom. The van der Waals surface area contributed by atoms with Gasteiger partial charge < -0.3 is 14.6 Å². The smallest absolute Gasteiger partial charge is 0.257 e. The van der Waals surface area contributed by atoms with Gasteiger partial charge in [-0.15, -0.1) is 11.8 Å². The third kappa shape index (κ3) is 4.15. The molecule has 1 aliphatic rings. The van der Waals surface area contributed by atoms with Gasteiger partial charge in [0.1, 0.15) is 6.26 Å². The maximum atomic E-state index is 12.3. The number of hydrogen-bond acceptors (Lipinski definition) is 4. The van der Waals surface area contributed by atoms with Crippen molar-refractivity contribution in [2.75, 3.05) is 18.4 Å². The molecule has 0 aliphatic carbocycles. The van der Waals surface area contributed by atoms with E-state index in [1.165, 1.54) is 16.8 Å². The molecule has 1 fully saturated rings. The fourth-order valence-electron chi connectivity index (χ4n) is 2.96. The van der Waals surface area contributed by atoms with Crippen LogP contribution in [0, 0.1) is 0 Å². The summed E-state index contributed by atoms with van der Waals surface area (Å²) in [6, 6.07) is 10.6. The highest BCUT2D eigenvalue weighted by molar-refractivity contribution is 8.00. The summed E-state index contributed by atoms with van der Waals surface area (Å²) in [4.78, 5) is 15.6. The molecule has 0 spiro atoms. The molecular weight excluding hydrogens is 320 g/mol. The summed E-state index contributed by atoms with van der Waals surface area (Å²) in [6.45, 7) is 5.98. The van der Waals surface area contributed by atoms with Crippen molar-refractivity contribution in [2.45, 2.75) is 42.9 Å². The molecule has 1 N–H and O–H groups in total. The number of amides is 1. The highest BCUT2D eigenvalue weighted by Gasteiger charge is 2.24. The molecule has 4 nitrogen and oxygen atoms in total. The summed E-state index contributed by atoms with van der Waals surface area (Å²) in [7, 11) is 0. The zero-order valence-electron chi connectivity index (χ0n) is 14.2. The van der Waals surface area contributed by atoms with E-state index in [2.05, 4.69) is 43.4 Å². The third-order valence-electron chi connectivity index (χ3n) is 4.16. The fraction of sp³-hybridized carbons (Fsp3) is 0.421. The van der Waals surface area contributed by atoms with E-state index in [9.17, 15) is 4.79 Å². The number of carbonyl (C=O) groups excluding carboxylic acids is 1. The topological polar surface area (TPSA) is 45.5 Å². The lowest BCUT2D eigenvalue weighted by Crippen LogP contribution is -2.42. The zero-order chi connectivity index (χ0) is 16.9. The molecular formula is C19H24N2O2S. The van der Waals surface area contributed by atoms with Gasteiger partial charge >= 0.3 is 0 Å². The standard InChI is InChI=1S/C19H24N2O2S/c1-14(2)24-18-6-4-3-5-17(18)20-16-7-10-21(11-8-16)19(22)15-9-12-23-13-15/h3-6,9,12-14,16,20H,7-8,10-11H2,1-2H3. The minimum Gasteiger partial charge on any atom is -0.472 e. The number of nitrogens with one attached hydrogen (secondary N) is 1. The van der Waals surface area contributed by atoms with Gasteiger partial charge in [0.05, 0.1) is 11.8 Å². The van der Waals surface area contributed by atoms with Crippen LogP contribution in [0.1, 0.15) is 37.0 Å². The zero-order valence-corrected chi connectivity index (χ0v) is 15.0. The van der Waals surface area contributed by atoms with Crippen molar-refractivity contribution < 1.29 is 9.21 Å². The SMILES string of the molecule is CC(C)Sc1ccccc1NC1CCN(C(=O)c2ccoc2)CC1. The van der Waals surface area contributed by atoms with E-state index in [-0.39, 0.29) is 5.91 Å². The predicted octanol–water partition coefficient (Wildman–Crippen LogP) is 4.50. The number of likely N-dealkylation sites (tertiary alicyclic amines) is 1. The number of benzene rings is 1. The monoisotopic (exact) mass is 344 g/mol. The minimum atomic E-state index is 0.0676. The lowest BCUT2D eigenvalue weighted by Gasteiger charge is -2.33. The van der Waals surface area contributed by atoms with Gasteiger partial charge in [-0.25, -0.2) is 0 Å². The van der Waals surface area contributed by atoms with E-state index in [0.717, 1.165) is 25.9 Å². The molecule has 3 rings (SSSR count). The Morgan fingerprint density at radius 3 is 2.67 bits per heavy atom. The Balaban J connectivity index is 1.57. The van der Waals surface area contributed by atoms with Gasteiger partial charge in [-0.05, 0) is 31.0 Å². The largest absolute Gasteiger partial charge is 0.472 e. The molecule has 0 bridgehead atoms. The number of carbonyl (C=O) groups is 1. The van der Waals surface area contributed by atoms with E-state index in [0.29, 0.717) is 16.9 Å². The lowest BCUT2D eigenvalue weighted by molar-refractivity contribution is 0.0717. The predicted molar refractivity (Wildman–Crippen MR) is 98.7 cm³/mol. The summed E-state index contributed by atoms with van der Waals surface area (Å²) < 4.78 is 5.01. The van der Waals surface area contributed by atoms with Gasteiger partial charge in [0.25, 0.3) is 5.91 Å². The Morgan fingerprint density at radius 1 is 1.25 bits per heavy atom. The summed E-state index contributed by atoms with van der Waals surface area (Å²) in [5, 5.41) is 4.23. The molecule has 0 radical (unpaired) electrons. The van der Waals surface area contributed by atoms with Gasteiger partial charge in [-0.2, -0.15) is 0 Å². The van der Waals surface area contributed by atoms with Crippen molar-refractivity contribution in [1.82, 2.24) is 4.90 Å². The number of anilines is 1. The Kier molecular flexibility index (Phi) is 5.51. The second kappa shape index (κ2) is 7.79. The van der Waals surface area contributed by atoms with Crippen LogP contribution in [0.4, 0.5) is 5.69 Å². The van der Waals surface area contributed by atoms with E-state index in [1.54, 1.807) is 12.3 Å². The second-order valence-corrected chi connectivity index (χ2v) is 8.00. The molecule has 2 aromatic rings. The van der Waals surface area contributed by atoms with Crippen LogP contribution in [0.5, 0.6) is 0 Å². The highest BCUT2D eigenvalue weighted by atomic mass is 32.2. The van der Waals surface area contributed by atoms with Crippen molar-refractivity contribution in [1.29, 1.82) is 0 Å². The third-order valence-corrected chi connectivity index (χ3v) is 5.24. The van der Waals surface area contributed by atoms with E-state index >= 15 is 0 Å². The molecule has 1 amide bonds. The molecule has 128 valence electrons. The number of hydrogen-bond donors (Lipinski definition) is 1. The quantitative estimate of drug-likeness (QED) is 0.811. The molecule has 1 saturated heterocycles. The molecule has 0 unspecified atom stereocenters. The minimum absolute atomic E-state index is 0.0676. The Bertz CT molecular complexity index is 662. The maximum absolute atomic E-state index is 12.3. The summed E-state index contributed by atoms with van der Waals surface area (Å²) >= 11 is 1.88. The first kappa shape index (κ1) is 17.0. The summed E-state index contributed by atoms with van der Waals surface area (Å²) in [5.41, 5.74) is 1.84. The van der Waals surface area contributed by atoms with Crippen molar-refractivity contribution in [3.8, 4) is 0 Å². The number of rotatable bonds is 5. The van der Waals surface area contributed by atoms with Crippen LogP contribution in [0.15, 0.2) is 52.2 Å². The molecule has 0 saturated carbocycles. The first-order valence-corrected chi connectivity index (χ1v) is 9.35. The lowest BCUT2D eigenvalue weighted by atomic mass is 10.0. The molecule has 0 atom stereocenters. The van der Waals surface area contributed by atoms with Crippen molar-refractivity contribution in [3.05, 3.63) is 48.4 Å². The average Bonchev–Trinajstić information content (AvgIpc) is 3.11. The van der Waals surface area contributed by atoms with Gasteiger partial charge in [0.15, 0.2) is 0 Å². The summed E-state index contributed by atoms with van der Waals surface area (Å²) in [5.74, 6) is 0.0676. The van der Waals surface area contributed by atoms with Gasteiger partial charge in [0.2, 0.25) is 0 Å². The number of para-hydroxylation sites is 1. The van der Waals surface area contributed by atoms with E-state index < -0.39 is 0 Å². The maximum Gasteiger partial charge on any atom is 0.257 e. The van der Waals surface area contributed by atoms with Crippen molar-refractivity contribution in [3.63, 3.8) is 0 Å². The van der Waals surface area contributed by atoms with Crippen LogP contribution in [0.3, 0.4) is 0 Å². The van der Waals surface area contributed by atoms with Crippen molar-refractivity contribution in [2.24, 2.45) is 0 Å². The van der Waals surface area contributed by atoms with Crippen LogP contribution in [0.25, 0.3) is 0 Å². The summed E-state index contributed by atoms with van der Waals surface area (Å²) in [6.07, 6.45) is 4.99. The van der Waals surface area contributed by atoms with Crippen LogP contribution < -0.4 is 5.32 Å². The first-order valence-electron chi connectivity index (χ1n) is 8.47. The number of nitrogens with zero attached hydrogens (tertiary/aromatic N) is 1. The first-order chi connectivity index (χ1) is 11.6. The number of furan rings is 1. The normalized spacial score (nSPS) is 15.7. The second-order valence-electron chi connectivity index (χ2n) is 6.39. The van der Waals surface area contributed by atoms with E-state index in [4.69, 9.17) is 4.42 Å².